The van der Waals surface area contributed by atoms with Gasteiger partial charge in [-0.15, -0.1) is 0 Å². The number of halogens is 2. The summed E-state index contributed by atoms with van der Waals surface area (Å²) in [5, 5.41) is 12.6. The number of rotatable bonds is 4. The van der Waals surface area contributed by atoms with E-state index in [1.54, 1.807) is 42.5 Å². The quantitative estimate of drug-likeness (QED) is 0.445. The Morgan fingerprint density at radius 2 is 1.53 bits per heavy atom. The van der Waals surface area contributed by atoms with Crippen molar-refractivity contribution in [1.29, 1.82) is 0 Å². The van der Waals surface area contributed by atoms with Crippen LogP contribution in [0.15, 0.2) is 53.1 Å². The Kier molecular flexibility index (Phi) is 6.34. The third-order valence-corrected chi connectivity index (χ3v) is 4.62. The van der Waals surface area contributed by atoms with Crippen molar-refractivity contribution in [2.24, 2.45) is 0 Å². The fourth-order valence-electron chi connectivity index (χ4n) is 2.48. The number of nitrogens with zero attached hydrogens (tertiary/aromatic N) is 1. The molecule has 0 aliphatic rings. The number of benzene rings is 2. The first-order chi connectivity index (χ1) is 14.1. The number of hydrogen-bond donors (Lipinski definition) is 3. The fraction of sp³-hybridized carbons (Fsp3) is 0.190. The van der Waals surface area contributed by atoms with E-state index in [1.165, 1.54) is 6.07 Å². The van der Waals surface area contributed by atoms with Crippen LogP contribution in [0.3, 0.4) is 0 Å². The molecule has 1 heterocycles. The highest BCUT2D eigenvalue weighted by atomic mass is 35.5. The first-order valence-corrected chi connectivity index (χ1v) is 9.79. The van der Waals surface area contributed by atoms with E-state index in [-0.39, 0.29) is 16.3 Å². The van der Waals surface area contributed by atoms with Gasteiger partial charge in [-0.1, -0.05) is 49.1 Å². The van der Waals surface area contributed by atoms with Crippen molar-refractivity contribution in [3.8, 4) is 0 Å². The Morgan fingerprint density at radius 1 is 0.900 bits per heavy atom. The maximum Gasteiger partial charge on any atom is 0.324 e. The molecule has 3 N–H and O–H groups in total. The molecule has 9 heteroatoms. The number of amides is 3. The van der Waals surface area contributed by atoms with Gasteiger partial charge in [-0.25, -0.2) is 4.79 Å². The van der Waals surface area contributed by atoms with Crippen molar-refractivity contribution < 1.29 is 14.1 Å². The highest BCUT2D eigenvalue weighted by Gasteiger charge is 2.20. The van der Waals surface area contributed by atoms with Crippen LogP contribution in [0.1, 0.15) is 36.9 Å². The number of carbonyl (C=O) groups excluding carboxylic acids is 2. The highest BCUT2D eigenvalue weighted by molar-refractivity contribution is 6.37. The van der Waals surface area contributed by atoms with Gasteiger partial charge in [-0.05, 0) is 42.5 Å². The first-order valence-electron chi connectivity index (χ1n) is 9.03. The second-order valence-electron chi connectivity index (χ2n) is 7.56. The molecule has 2 aromatic carbocycles. The summed E-state index contributed by atoms with van der Waals surface area (Å²) in [6, 6.07) is 12.5. The van der Waals surface area contributed by atoms with Crippen molar-refractivity contribution in [3.63, 3.8) is 0 Å². The van der Waals surface area contributed by atoms with Crippen molar-refractivity contribution in [3.05, 3.63) is 69.9 Å². The fourth-order valence-corrected chi connectivity index (χ4v) is 2.97. The van der Waals surface area contributed by atoms with E-state index < -0.39 is 6.03 Å². The van der Waals surface area contributed by atoms with Crippen LogP contribution in [-0.2, 0) is 5.41 Å². The Morgan fingerprint density at radius 3 is 2.10 bits per heavy atom. The average molecular weight is 447 g/mol. The average Bonchev–Trinajstić information content (AvgIpc) is 3.12. The van der Waals surface area contributed by atoms with Crippen molar-refractivity contribution in [2.45, 2.75) is 26.2 Å². The highest BCUT2D eigenvalue weighted by Crippen LogP contribution is 2.25. The molecule has 156 valence electrons. The minimum Gasteiger partial charge on any atom is -0.359 e. The molecule has 0 unspecified atom stereocenters. The van der Waals surface area contributed by atoms with Crippen LogP contribution in [0, 0.1) is 0 Å². The van der Waals surface area contributed by atoms with Crippen LogP contribution in [0.4, 0.5) is 22.0 Å². The molecule has 0 aliphatic carbocycles. The predicted octanol–water partition coefficient (Wildman–Crippen LogP) is 6.18. The molecule has 3 aromatic rings. The van der Waals surface area contributed by atoms with Crippen molar-refractivity contribution >= 4 is 52.3 Å². The van der Waals surface area contributed by atoms with Crippen molar-refractivity contribution in [2.75, 3.05) is 16.0 Å². The molecule has 0 fully saturated rings. The Hall–Kier alpha value is -3.03. The summed E-state index contributed by atoms with van der Waals surface area (Å²) < 4.78 is 5.23. The van der Waals surface area contributed by atoms with Gasteiger partial charge in [0, 0.05) is 27.9 Å². The number of nitrogens with one attached hydrogen (secondary N) is 3. The standard InChI is InChI=1S/C21H20Cl2N4O3/c1-21(2,3)17-11-18(27-30-17)26-20(29)25-14-7-5-13(6-8-14)24-19(28)15-9-4-12(22)10-16(15)23/h4-11H,1-3H3,(H,24,28)(H2,25,26,27,29). The maximum absolute atomic E-state index is 12.4. The molecule has 3 amide bonds. The lowest BCUT2D eigenvalue weighted by atomic mass is 9.93. The van der Waals surface area contributed by atoms with E-state index in [0.29, 0.717) is 33.5 Å². The molecule has 0 atom stereocenters. The molecule has 0 spiro atoms. The molecule has 3 rings (SSSR count). The summed E-state index contributed by atoms with van der Waals surface area (Å²) in [5.74, 6) is 0.621. The van der Waals surface area contributed by atoms with E-state index in [9.17, 15) is 9.59 Å². The maximum atomic E-state index is 12.4. The number of urea groups is 1. The summed E-state index contributed by atoms with van der Waals surface area (Å²) in [6.45, 7) is 5.95. The number of anilines is 3. The molecule has 0 saturated heterocycles. The topological polar surface area (TPSA) is 96.3 Å². The number of hydrogen-bond acceptors (Lipinski definition) is 4. The van der Waals surface area contributed by atoms with Crippen LogP contribution in [0.25, 0.3) is 0 Å². The first kappa shape index (κ1) is 21.7. The molecule has 0 radical (unpaired) electrons. The van der Waals surface area contributed by atoms with Crippen LogP contribution in [-0.4, -0.2) is 17.1 Å². The van der Waals surface area contributed by atoms with E-state index in [4.69, 9.17) is 27.7 Å². The van der Waals surface area contributed by atoms with Crippen LogP contribution in [0.5, 0.6) is 0 Å². The second-order valence-corrected chi connectivity index (χ2v) is 8.40. The number of carbonyl (C=O) groups is 2. The van der Waals surface area contributed by atoms with Gasteiger partial charge in [-0.2, -0.15) is 0 Å². The predicted molar refractivity (Wildman–Crippen MR) is 119 cm³/mol. The van der Waals surface area contributed by atoms with E-state index in [2.05, 4.69) is 21.1 Å². The summed E-state index contributed by atoms with van der Waals surface area (Å²) in [6.07, 6.45) is 0. The Labute approximate surface area is 183 Å². The van der Waals surface area contributed by atoms with Crippen LogP contribution < -0.4 is 16.0 Å². The second kappa shape index (κ2) is 8.77. The third-order valence-electron chi connectivity index (χ3n) is 4.07. The minimum absolute atomic E-state index is 0.208. The molecular weight excluding hydrogens is 427 g/mol. The summed E-state index contributed by atoms with van der Waals surface area (Å²) in [4.78, 5) is 24.5. The molecular formula is C21H20Cl2N4O3. The Bertz CT molecular complexity index is 1070. The lowest BCUT2D eigenvalue weighted by Gasteiger charge is -2.12. The zero-order valence-electron chi connectivity index (χ0n) is 16.5. The van der Waals surface area contributed by atoms with Gasteiger partial charge in [0.2, 0.25) is 0 Å². The van der Waals surface area contributed by atoms with E-state index >= 15 is 0 Å². The lowest BCUT2D eigenvalue weighted by Crippen LogP contribution is -2.19. The smallest absolute Gasteiger partial charge is 0.324 e. The van der Waals surface area contributed by atoms with E-state index in [1.807, 2.05) is 20.8 Å². The molecule has 0 saturated carbocycles. The van der Waals surface area contributed by atoms with E-state index in [0.717, 1.165) is 0 Å². The molecule has 0 aliphatic heterocycles. The normalized spacial score (nSPS) is 11.1. The van der Waals surface area contributed by atoms with Crippen LogP contribution in [0.2, 0.25) is 10.0 Å². The van der Waals surface area contributed by atoms with Crippen molar-refractivity contribution in [1.82, 2.24) is 5.16 Å². The van der Waals surface area contributed by atoms with Gasteiger partial charge < -0.3 is 15.2 Å². The SMILES string of the molecule is CC(C)(C)c1cc(NC(=O)Nc2ccc(NC(=O)c3ccc(Cl)cc3Cl)cc2)no1. The molecule has 30 heavy (non-hydrogen) atoms. The third kappa shape index (κ3) is 5.52. The van der Waals surface area contributed by atoms with Gasteiger partial charge in [0.1, 0.15) is 5.76 Å². The van der Waals surface area contributed by atoms with Gasteiger partial charge in [-0.3, -0.25) is 10.1 Å². The monoisotopic (exact) mass is 446 g/mol. The lowest BCUT2D eigenvalue weighted by molar-refractivity contribution is 0.102. The summed E-state index contributed by atoms with van der Waals surface area (Å²) >= 11 is 11.9. The van der Waals surface area contributed by atoms with Gasteiger partial charge in [0.15, 0.2) is 5.82 Å². The molecule has 0 bridgehead atoms. The van der Waals surface area contributed by atoms with Gasteiger partial charge in [0.05, 0.1) is 10.6 Å². The minimum atomic E-state index is -0.464. The zero-order chi connectivity index (χ0) is 21.9. The zero-order valence-corrected chi connectivity index (χ0v) is 18.1. The Balaban J connectivity index is 1.58. The van der Waals surface area contributed by atoms with Gasteiger partial charge in [0.25, 0.3) is 5.91 Å². The molecule has 7 nitrogen and oxygen atoms in total. The van der Waals surface area contributed by atoms with Crippen LogP contribution >= 0.6 is 23.2 Å². The summed E-state index contributed by atoms with van der Waals surface area (Å²) in [7, 11) is 0. The largest absolute Gasteiger partial charge is 0.359 e. The summed E-state index contributed by atoms with van der Waals surface area (Å²) in [5.41, 5.74) is 1.18. The van der Waals surface area contributed by atoms with Gasteiger partial charge >= 0.3 is 6.03 Å². The number of aromatic nitrogens is 1. The molecule has 1 aromatic heterocycles.